The summed E-state index contributed by atoms with van der Waals surface area (Å²) in [5.74, 6) is 1.88. The predicted octanol–water partition coefficient (Wildman–Crippen LogP) is 4.18. The summed E-state index contributed by atoms with van der Waals surface area (Å²) in [6, 6.07) is 12.0. The van der Waals surface area contributed by atoms with Gasteiger partial charge in [0.1, 0.15) is 5.75 Å². The molecular formula is C21H24N4O2. The lowest BCUT2D eigenvalue weighted by Crippen LogP contribution is -2.07. The van der Waals surface area contributed by atoms with Crippen LogP contribution in [-0.2, 0) is 6.42 Å². The molecule has 0 bridgehead atoms. The number of hydrogen-bond donors (Lipinski definition) is 2. The first-order valence-corrected chi connectivity index (χ1v) is 9.27. The number of nitrogens with zero attached hydrogens (tertiary/aromatic N) is 2. The molecule has 0 saturated carbocycles. The number of hydrogen-bond acceptors (Lipinski definition) is 6. The smallest absolute Gasteiger partial charge is 0.258 e. The maximum Gasteiger partial charge on any atom is 0.258 e. The molecule has 4 rings (SSSR count). The lowest BCUT2D eigenvalue weighted by Gasteiger charge is -2.14. The van der Waals surface area contributed by atoms with Crippen molar-refractivity contribution in [3.8, 4) is 28.6 Å². The lowest BCUT2D eigenvalue weighted by atomic mass is 10.0. The molecule has 1 aliphatic carbocycles. The van der Waals surface area contributed by atoms with Crippen LogP contribution in [0.5, 0.6) is 5.75 Å². The second-order valence-electron chi connectivity index (χ2n) is 7.07. The second-order valence-corrected chi connectivity index (χ2v) is 7.07. The van der Waals surface area contributed by atoms with Gasteiger partial charge >= 0.3 is 0 Å². The SMILES string of the molecule is CNc1cc(-c2nc(-c3cccc4c3CC[C@H]4N)no2)ccc1OC(C)C. The highest BCUT2D eigenvalue weighted by atomic mass is 16.5. The first kappa shape index (κ1) is 17.5. The van der Waals surface area contributed by atoms with E-state index in [0.29, 0.717) is 11.7 Å². The molecule has 6 heteroatoms. The summed E-state index contributed by atoms with van der Waals surface area (Å²) >= 11 is 0. The molecular weight excluding hydrogens is 340 g/mol. The summed E-state index contributed by atoms with van der Waals surface area (Å²) in [6.45, 7) is 4.00. The minimum atomic E-state index is 0.0954. The van der Waals surface area contributed by atoms with E-state index in [1.54, 1.807) is 0 Å². The molecule has 140 valence electrons. The van der Waals surface area contributed by atoms with E-state index >= 15 is 0 Å². The second kappa shape index (κ2) is 7.04. The van der Waals surface area contributed by atoms with Gasteiger partial charge in [-0.2, -0.15) is 4.98 Å². The van der Waals surface area contributed by atoms with E-state index in [2.05, 4.69) is 21.5 Å². The number of anilines is 1. The highest BCUT2D eigenvalue weighted by Gasteiger charge is 2.24. The van der Waals surface area contributed by atoms with E-state index < -0.39 is 0 Å². The Balaban J connectivity index is 1.68. The summed E-state index contributed by atoms with van der Waals surface area (Å²) in [7, 11) is 1.86. The summed E-state index contributed by atoms with van der Waals surface area (Å²) < 4.78 is 11.4. The standard InChI is InChI=1S/C21H24N4O2/c1-12(2)26-19-10-7-13(11-18(19)23-3)21-24-20(25-27-21)16-6-4-5-15-14(16)8-9-17(15)22/h4-7,10-12,17,23H,8-9,22H2,1-3H3/t17-/m1/s1. The molecule has 3 N–H and O–H groups in total. The Bertz CT molecular complexity index is 965. The van der Waals surface area contributed by atoms with E-state index in [1.165, 1.54) is 11.1 Å². The van der Waals surface area contributed by atoms with Gasteiger partial charge < -0.3 is 20.3 Å². The van der Waals surface area contributed by atoms with Crippen LogP contribution in [0.4, 0.5) is 5.69 Å². The molecule has 1 aromatic heterocycles. The molecule has 1 atom stereocenters. The van der Waals surface area contributed by atoms with Crippen molar-refractivity contribution in [3.63, 3.8) is 0 Å². The number of aromatic nitrogens is 2. The monoisotopic (exact) mass is 364 g/mol. The number of rotatable bonds is 5. The zero-order chi connectivity index (χ0) is 19.0. The quantitative estimate of drug-likeness (QED) is 0.706. The molecule has 6 nitrogen and oxygen atoms in total. The summed E-state index contributed by atoms with van der Waals surface area (Å²) in [5.41, 5.74) is 11.3. The Morgan fingerprint density at radius 3 is 2.89 bits per heavy atom. The Hall–Kier alpha value is -2.86. The molecule has 1 aliphatic rings. The van der Waals surface area contributed by atoms with E-state index in [4.69, 9.17) is 15.0 Å². The maximum atomic E-state index is 6.19. The van der Waals surface area contributed by atoms with Crippen LogP contribution >= 0.6 is 0 Å². The molecule has 27 heavy (non-hydrogen) atoms. The normalized spacial score (nSPS) is 15.8. The van der Waals surface area contributed by atoms with Crippen molar-refractivity contribution >= 4 is 5.69 Å². The van der Waals surface area contributed by atoms with Gasteiger partial charge in [-0.3, -0.25) is 0 Å². The average Bonchev–Trinajstić information content (AvgIpc) is 3.29. The Morgan fingerprint density at radius 2 is 2.11 bits per heavy atom. The van der Waals surface area contributed by atoms with Crippen LogP contribution in [0.1, 0.15) is 37.4 Å². The molecule has 0 unspecified atom stereocenters. The van der Waals surface area contributed by atoms with Crippen molar-refractivity contribution in [1.82, 2.24) is 10.1 Å². The molecule has 0 amide bonds. The van der Waals surface area contributed by atoms with Gasteiger partial charge in [-0.1, -0.05) is 23.4 Å². The van der Waals surface area contributed by atoms with Gasteiger partial charge in [-0.15, -0.1) is 0 Å². The molecule has 0 aliphatic heterocycles. The van der Waals surface area contributed by atoms with Gasteiger partial charge in [0, 0.05) is 24.2 Å². The van der Waals surface area contributed by atoms with Crippen molar-refractivity contribution in [1.29, 1.82) is 0 Å². The van der Waals surface area contributed by atoms with Gasteiger partial charge in [0.25, 0.3) is 5.89 Å². The first-order valence-electron chi connectivity index (χ1n) is 9.27. The largest absolute Gasteiger partial charge is 0.489 e. The molecule has 1 heterocycles. The van der Waals surface area contributed by atoms with E-state index in [1.807, 2.05) is 51.2 Å². The average molecular weight is 364 g/mol. The third-order valence-corrected chi connectivity index (χ3v) is 4.84. The molecule has 0 radical (unpaired) electrons. The highest BCUT2D eigenvalue weighted by Crippen LogP contribution is 2.36. The number of ether oxygens (including phenoxy) is 1. The number of fused-ring (bicyclic) bond motifs is 1. The third kappa shape index (κ3) is 3.28. The molecule has 2 aromatic carbocycles. The van der Waals surface area contributed by atoms with Crippen LogP contribution < -0.4 is 15.8 Å². The Kier molecular flexibility index (Phi) is 4.58. The molecule has 0 spiro atoms. The summed E-state index contributed by atoms with van der Waals surface area (Å²) in [4.78, 5) is 4.63. The van der Waals surface area contributed by atoms with Crippen molar-refractivity contribution in [2.45, 2.75) is 38.8 Å². The van der Waals surface area contributed by atoms with Crippen molar-refractivity contribution in [3.05, 3.63) is 47.5 Å². The Labute approximate surface area is 158 Å². The fourth-order valence-corrected chi connectivity index (χ4v) is 3.56. The van der Waals surface area contributed by atoms with Crippen LogP contribution in [0.2, 0.25) is 0 Å². The lowest BCUT2D eigenvalue weighted by molar-refractivity contribution is 0.243. The van der Waals surface area contributed by atoms with Crippen LogP contribution in [0, 0.1) is 0 Å². The van der Waals surface area contributed by atoms with E-state index in [9.17, 15) is 0 Å². The summed E-state index contributed by atoms with van der Waals surface area (Å²) in [6.07, 6.45) is 2.01. The van der Waals surface area contributed by atoms with Crippen LogP contribution in [0.15, 0.2) is 40.9 Å². The van der Waals surface area contributed by atoms with E-state index in [0.717, 1.165) is 35.4 Å². The van der Waals surface area contributed by atoms with Crippen molar-refractivity contribution in [2.75, 3.05) is 12.4 Å². The number of nitrogens with one attached hydrogen (secondary N) is 1. The van der Waals surface area contributed by atoms with Crippen molar-refractivity contribution in [2.24, 2.45) is 5.73 Å². The molecule has 3 aromatic rings. The third-order valence-electron chi connectivity index (χ3n) is 4.84. The fraction of sp³-hybridized carbons (Fsp3) is 0.333. The van der Waals surface area contributed by atoms with Gasteiger partial charge in [-0.25, -0.2) is 0 Å². The fourth-order valence-electron chi connectivity index (χ4n) is 3.56. The minimum absolute atomic E-state index is 0.0954. The minimum Gasteiger partial charge on any atom is -0.489 e. The zero-order valence-corrected chi connectivity index (χ0v) is 15.8. The van der Waals surface area contributed by atoms with Crippen molar-refractivity contribution < 1.29 is 9.26 Å². The van der Waals surface area contributed by atoms with E-state index in [-0.39, 0.29) is 12.1 Å². The van der Waals surface area contributed by atoms with Gasteiger partial charge in [0.15, 0.2) is 0 Å². The highest BCUT2D eigenvalue weighted by molar-refractivity contribution is 5.70. The number of nitrogens with two attached hydrogens (primary N) is 1. The van der Waals surface area contributed by atoms with Gasteiger partial charge in [0.05, 0.1) is 11.8 Å². The van der Waals surface area contributed by atoms with Crippen LogP contribution in [0.3, 0.4) is 0 Å². The summed E-state index contributed by atoms with van der Waals surface area (Å²) in [5, 5.41) is 7.37. The number of benzene rings is 2. The topological polar surface area (TPSA) is 86.2 Å². The van der Waals surface area contributed by atoms with Crippen LogP contribution in [0.25, 0.3) is 22.8 Å². The first-order chi connectivity index (χ1) is 13.1. The Morgan fingerprint density at radius 1 is 1.26 bits per heavy atom. The molecule has 0 saturated heterocycles. The molecule has 0 fully saturated rings. The van der Waals surface area contributed by atoms with Crippen LogP contribution in [-0.4, -0.2) is 23.3 Å². The van der Waals surface area contributed by atoms with Gasteiger partial charge in [-0.05, 0) is 56.0 Å². The zero-order valence-electron chi connectivity index (χ0n) is 15.8. The maximum absolute atomic E-state index is 6.19. The predicted molar refractivity (Wildman–Crippen MR) is 106 cm³/mol. The van der Waals surface area contributed by atoms with Gasteiger partial charge in [0.2, 0.25) is 5.82 Å².